The van der Waals surface area contributed by atoms with Crippen molar-refractivity contribution in [2.24, 2.45) is 5.73 Å². The van der Waals surface area contributed by atoms with E-state index in [1.165, 1.54) is 11.3 Å². The van der Waals surface area contributed by atoms with Crippen molar-refractivity contribution in [2.45, 2.75) is 19.9 Å². The summed E-state index contributed by atoms with van der Waals surface area (Å²) in [6.45, 7) is 4.28. The van der Waals surface area contributed by atoms with Crippen LogP contribution in [0.2, 0.25) is 0 Å². The molecule has 2 N–H and O–H groups in total. The molecule has 0 aliphatic carbocycles. The third-order valence-corrected chi connectivity index (χ3v) is 3.06. The molecule has 0 radical (unpaired) electrons. The number of hydrogen-bond acceptors (Lipinski definition) is 4. The molecule has 0 aromatic carbocycles. The lowest BCUT2D eigenvalue weighted by molar-refractivity contribution is 0.0753. The summed E-state index contributed by atoms with van der Waals surface area (Å²) in [5.74, 6) is -0.00597. The van der Waals surface area contributed by atoms with Crippen LogP contribution < -0.4 is 5.73 Å². The van der Waals surface area contributed by atoms with Crippen molar-refractivity contribution in [3.05, 3.63) is 16.1 Å². The van der Waals surface area contributed by atoms with E-state index in [9.17, 15) is 4.79 Å². The van der Waals surface area contributed by atoms with Gasteiger partial charge in [-0.05, 0) is 13.8 Å². The summed E-state index contributed by atoms with van der Waals surface area (Å²) in [4.78, 5) is 18.2. The first kappa shape index (κ1) is 14.3. The number of aryl methyl sites for hydroxylation is 1. The summed E-state index contributed by atoms with van der Waals surface area (Å²) in [7, 11) is 1.76. The summed E-state index contributed by atoms with van der Waals surface area (Å²) < 4.78 is 0. The predicted octanol–water partition coefficient (Wildman–Crippen LogP) is 1.29. The van der Waals surface area contributed by atoms with Gasteiger partial charge in [-0.15, -0.1) is 23.7 Å². The van der Waals surface area contributed by atoms with Gasteiger partial charge in [-0.1, -0.05) is 0 Å². The summed E-state index contributed by atoms with van der Waals surface area (Å²) >= 11 is 1.41. The molecule has 86 valence electrons. The molecule has 0 fully saturated rings. The minimum Gasteiger partial charge on any atom is -0.337 e. The molecule has 1 amide bonds. The van der Waals surface area contributed by atoms with Gasteiger partial charge in [0.1, 0.15) is 4.88 Å². The van der Waals surface area contributed by atoms with E-state index >= 15 is 0 Å². The molecule has 15 heavy (non-hydrogen) atoms. The Hall–Kier alpha value is -0.650. The number of carbonyl (C=O) groups is 1. The van der Waals surface area contributed by atoms with E-state index < -0.39 is 0 Å². The van der Waals surface area contributed by atoms with Crippen molar-refractivity contribution >= 4 is 29.7 Å². The maximum atomic E-state index is 11.8. The van der Waals surface area contributed by atoms with Crippen LogP contribution in [0.5, 0.6) is 0 Å². The zero-order valence-electron chi connectivity index (χ0n) is 9.06. The van der Waals surface area contributed by atoms with Crippen LogP contribution in [-0.2, 0) is 0 Å². The number of carbonyl (C=O) groups excluding carboxylic acids is 1. The number of hydrogen-bond donors (Lipinski definition) is 1. The van der Waals surface area contributed by atoms with Gasteiger partial charge in [-0.2, -0.15) is 0 Å². The normalized spacial score (nSPS) is 11.7. The highest BCUT2D eigenvalue weighted by Gasteiger charge is 2.17. The summed E-state index contributed by atoms with van der Waals surface area (Å²) in [5, 5.41) is 0.905. The van der Waals surface area contributed by atoms with E-state index in [4.69, 9.17) is 5.73 Å². The van der Waals surface area contributed by atoms with Crippen molar-refractivity contribution in [3.8, 4) is 0 Å². The molecule has 0 aliphatic heterocycles. The Morgan fingerprint density at radius 3 is 2.73 bits per heavy atom. The molecule has 0 bridgehead atoms. The van der Waals surface area contributed by atoms with Crippen LogP contribution in [0.4, 0.5) is 0 Å². The predicted molar refractivity (Wildman–Crippen MR) is 64.7 cm³/mol. The van der Waals surface area contributed by atoms with Gasteiger partial charge >= 0.3 is 0 Å². The largest absolute Gasteiger partial charge is 0.337 e. The van der Waals surface area contributed by atoms with Crippen molar-refractivity contribution in [3.63, 3.8) is 0 Å². The van der Waals surface area contributed by atoms with Crippen LogP contribution >= 0.6 is 23.7 Å². The van der Waals surface area contributed by atoms with Crippen molar-refractivity contribution in [1.29, 1.82) is 0 Å². The fourth-order valence-corrected chi connectivity index (χ4v) is 1.75. The second-order valence-electron chi connectivity index (χ2n) is 3.24. The van der Waals surface area contributed by atoms with E-state index in [0.29, 0.717) is 11.4 Å². The SMILES string of the molecule is Cc1ncc(C(=O)N(C)C(C)CN)s1.Cl. The molecule has 1 aromatic heterocycles. The Labute approximate surface area is 99.9 Å². The maximum Gasteiger partial charge on any atom is 0.265 e. The minimum absolute atomic E-state index is 0. The summed E-state index contributed by atoms with van der Waals surface area (Å²) in [6, 6.07) is 0.0601. The Morgan fingerprint density at radius 1 is 1.73 bits per heavy atom. The molecule has 1 heterocycles. The Morgan fingerprint density at radius 2 is 2.33 bits per heavy atom. The zero-order chi connectivity index (χ0) is 10.7. The van der Waals surface area contributed by atoms with Gasteiger partial charge < -0.3 is 10.6 Å². The van der Waals surface area contributed by atoms with Crippen molar-refractivity contribution in [2.75, 3.05) is 13.6 Å². The number of nitrogens with two attached hydrogens (primary N) is 1. The molecule has 4 nitrogen and oxygen atoms in total. The summed E-state index contributed by atoms with van der Waals surface area (Å²) in [5.41, 5.74) is 5.49. The van der Waals surface area contributed by atoms with Crippen molar-refractivity contribution in [1.82, 2.24) is 9.88 Å². The Bertz CT molecular complexity index is 329. The van der Waals surface area contributed by atoms with Crippen LogP contribution in [-0.4, -0.2) is 35.4 Å². The van der Waals surface area contributed by atoms with Gasteiger partial charge in [0.15, 0.2) is 0 Å². The van der Waals surface area contributed by atoms with Gasteiger partial charge in [0.05, 0.1) is 11.2 Å². The highest BCUT2D eigenvalue weighted by molar-refractivity contribution is 7.13. The first-order chi connectivity index (χ1) is 6.56. The smallest absolute Gasteiger partial charge is 0.265 e. The van der Waals surface area contributed by atoms with Crippen LogP contribution in [0.3, 0.4) is 0 Å². The Kier molecular flexibility index (Phi) is 5.79. The van der Waals surface area contributed by atoms with Gasteiger partial charge in [-0.25, -0.2) is 4.98 Å². The van der Waals surface area contributed by atoms with Gasteiger partial charge in [0, 0.05) is 19.6 Å². The van der Waals surface area contributed by atoms with E-state index in [-0.39, 0.29) is 24.4 Å². The molecular formula is C9H16ClN3OS. The van der Waals surface area contributed by atoms with E-state index in [0.717, 1.165) is 5.01 Å². The number of likely N-dealkylation sites (N-methyl/N-ethyl adjacent to an activating group) is 1. The first-order valence-corrected chi connectivity index (χ1v) is 5.27. The molecule has 1 rings (SSSR count). The topological polar surface area (TPSA) is 59.2 Å². The van der Waals surface area contributed by atoms with Crippen LogP contribution in [0, 0.1) is 6.92 Å². The molecule has 6 heteroatoms. The fourth-order valence-electron chi connectivity index (χ4n) is 0.992. The lowest BCUT2D eigenvalue weighted by atomic mass is 10.3. The molecule has 1 unspecified atom stereocenters. The van der Waals surface area contributed by atoms with Crippen LogP contribution in [0.25, 0.3) is 0 Å². The highest BCUT2D eigenvalue weighted by Crippen LogP contribution is 2.14. The quantitative estimate of drug-likeness (QED) is 0.878. The molecular weight excluding hydrogens is 234 g/mol. The molecule has 0 aliphatic rings. The minimum atomic E-state index is -0.00597. The highest BCUT2D eigenvalue weighted by atomic mass is 35.5. The lowest BCUT2D eigenvalue weighted by Crippen LogP contribution is -2.39. The second-order valence-corrected chi connectivity index (χ2v) is 4.48. The standard InChI is InChI=1S/C9H15N3OS.ClH/c1-6(4-10)12(3)9(13)8-5-11-7(2)14-8;/h5-6H,4,10H2,1-3H3;1H. The average molecular weight is 250 g/mol. The number of nitrogens with zero attached hydrogens (tertiary/aromatic N) is 2. The first-order valence-electron chi connectivity index (χ1n) is 4.46. The van der Waals surface area contributed by atoms with Gasteiger partial charge in [-0.3, -0.25) is 4.79 Å². The van der Waals surface area contributed by atoms with Crippen molar-refractivity contribution < 1.29 is 4.79 Å². The van der Waals surface area contributed by atoms with E-state index in [2.05, 4.69) is 4.98 Å². The molecule has 0 saturated heterocycles. The second kappa shape index (κ2) is 6.05. The summed E-state index contributed by atoms with van der Waals surface area (Å²) in [6.07, 6.45) is 1.61. The molecule has 1 atom stereocenters. The number of halogens is 1. The number of thiazole rings is 1. The molecule has 0 spiro atoms. The third-order valence-electron chi connectivity index (χ3n) is 2.15. The number of amides is 1. The molecule has 1 aromatic rings. The Balaban J connectivity index is 0.00000196. The average Bonchev–Trinajstić information content (AvgIpc) is 2.61. The zero-order valence-corrected chi connectivity index (χ0v) is 10.7. The number of rotatable bonds is 3. The monoisotopic (exact) mass is 249 g/mol. The van der Waals surface area contributed by atoms with Gasteiger partial charge in [0.2, 0.25) is 0 Å². The number of aromatic nitrogens is 1. The molecule has 0 saturated carbocycles. The maximum absolute atomic E-state index is 11.8. The van der Waals surface area contributed by atoms with Gasteiger partial charge in [0.25, 0.3) is 5.91 Å². The fraction of sp³-hybridized carbons (Fsp3) is 0.556. The van der Waals surface area contributed by atoms with E-state index in [1.54, 1.807) is 18.1 Å². The third kappa shape index (κ3) is 3.44. The van der Waals surface area contributed by atoms with Crippen LogP contribution in [0.1, 0.15) is 21.6 Å². The van der Waals surface area contributed by atoms with E-state index in [1.807, 2.05) is 13.8 Å². The van der Waals surface area contributed by atoms with Crippen LogP contribution in [0.15, 0.2) is 6.20 Å². The lowest BCUT2D eigenvalue weighted by Gasteiger charge is -2.22.